The third-order valence-electron chi connectivity index (χ3n) is 5.70. The number of nitrogens with zero attached hydrogens (tertiary/aromatic N) is 2. The Kier molecular flexibility index (Phi) is 8.04. The van der Waals surface area contributed by atoms with E-state index in [1.165, 1.54) is 0 Å². The third-order valence-corrected chi connectivity index (χ3v) is 5.70. The topological polar surface area (TPSA) is 89.0 Å². The lowest BCUT2D eigenvalue weighted by Gasteiger charge is -2.27. The standard InChI is InChI=1S/C21H24N2O3.C2HF3O2/c24-20(9-17-5-2-1-3-6-17)23-11-19-13-26-16-21(19,14-23)15-25-12-18-7-4-8-22-10-18;3-2(4,5)1(6)7/h1-8,10,19H,9,11-16H2;(H,6,7)/t19-,21-;/m1./s1. The van der Waals surface area contributed by atoms with Crippen molar-refractivity contribution in [3.8, 4) is 0 Å². The first kappa shape index (κ1) is 24.7. The van der Waals surface area contributed by atoms with Gasteiger partial charge in [-0.15, -0.1) is 0 Å². The first-order valence-corrected chi connectivity index (χ1v) is 10.4. The number of benzene rings is 1. The van der Waals surface area contributed by atoms with Gasteiger partial charge in [0.15, 0.2) is 0 Å². The zero-order valence-corrected chi connectivity index (χ0v) is 17.8. The molecular formula is C23H25F3N2O5. The number of hydrogen-bond acceptors (Lipinski definition) is 5. The highest BCUT2D eigenvalue weighted by atomic mass is 19.4. The second-order valence-electron chi connectivity index (χ2n) is 8.17. The number of carbonyl (C=O) groups excluding carboxylic acids is 1. The molecule has 0 unspecified atom stereocenters. The van der Waals surface area contributed by atoms with E-state index in [0.717, 1.165) is 24.2 Å². The highest BCUT2D eigenvalue weighted by Crippen LogP contribution is 2.41. The summed E-state index contributed by atoms with van der Waals surface area (Å²) >= 11 is 0. The molecular weight excluding hydrogens is 441 g/mol. The van der Waals surface area contributed by atoms with Gasteiger partial charge in [0.1, 0.15) is 0 Å². The monoisotopic (exact) mass is 466 g/mol. The van der Waals surface area contributed by atoms with Crippen molar-refractivity contribution in [2.75, 3.05) is 32.9 Å². The van der Waals surface area contributed by atoms with Crippen LogP contribution in [0.2, 0.25) is 0 Å². The Labute approximate surface area is 189 Å². The molecule has 1 N–H and O–H groups in total. The number of carbonyl (C=O) groups is 2. The predicted octanol–water partition coefficient (Wildman–Crippen LogP) is 2.95. The van der Waals surface area contributed by atoms with E-state index in [9.17, 15) is 18.0 Å². The molecule has 2 aliphatic heterocycles. The fourth-order valence-corrected chi connectivity index (χ4v) is 3.96. The summed E-state index contributed by atoms with van der Waals surface area (Å²) in [5.41, 5.74) is 2.05. The molecule has 2 saturated heterocycles. The molecule has 178 valence electrons. The van der Waals surface area contributed by atoms with E-state index < -0.39 is 12.1 Å². The lowest BCUT2D eigenvalue weighted by Crippen LogP contribution is -2.37. The van der Waals surface area contributed by atoms with Gasteiger partial charge in [0.25, 0.3) is 0 Å². The van der Waals surface area contributed by atoms with Crippen LogP contribution >= 0.6 is 0 Å². The van der Waals surface area contributed by atoms with Crippen LogP contribution in [0.4, 0.5) is 13.2 Å². The van der Waals surface area contributed by atoms with Crippen LogP contribution in [0.1, 0.15) is 11.1 Å². The van der Waals surface area contributed by atoms with Crippen LogP contribution in [-0.4, -0.2) is 66.0 Å². The molecule has 0 aliphatic carbocycles. The number of rotatable bonds is 6. The molecule has 3 heterocycles. The number of carboxylic acid groups (broad SMARTS) is 1. The summed E-state index contributed by atoms with van der Waals surface area (Å²) in [7, 11) is 0. The molecule has 0 spiro atoms. The molecule has 1 aromatic heterocycles. The van der Waals surface area contributed by atoms with Gasteiger partial charge in [0, 0.05) is 36.8 Å². The molecule has 2 aliphatic rings. The Hall–Kier alpha value is -2.98. The number of amides is 1. The number of halogens is 3. The van der Waals surface area contributed by atoms with Crippen molar-refractivity contribution in [3.63, 3.8) is 0 Å². The quantitative estimate of drug-likeness (QED) is 0.704. The molecule has 4 rings (SSSR count). The summed E-state index contributed by atoms with van der Waals surface area (Å²) in [6, 6.07) is 13.9. The van der Waals surface area contributed by atoms with Gasteiger partial charge in [0.2, 0.25) is 5.91 Å². The van der Waals surface area contributed by atoms with E-state index >= 15 is 0 Å². The Bertz CT molecular complexity index is 927. The maximum absolute atomic E-state index is 12.7. The lowest BCUT2D eigenvalue weighted by molar-refractivity contribution is -0.192. The first-order chi connectivity index (χ1) is 15.7. The lowest BCUT2D eigenvalue weighted by atomic mass is 9.82. The normalized spacial score (nSPS) is 21.8. The number of carboxylic acids is 1. The second kappa shape index (κ2) is 10.8. The number of aromatic nitrogens is 1. The van der Waals surface area contributed by atoms with Crippen molar-refractivity contribution in [1.29, 1.82) is 0 Å². The largest absolute Gasteiger partial charge is 0.490 e. The van der Waals surface area contributed by atoms with Gasteiger partial charge in [0.05, 0.1) is 32.8 Å². The van der Waals surface area contributed by atoms with Crippen LogP contribution in [0.15, 0.2) is 54.9 Å². The second-order valence-corrected chi connectivity index (χ2v) is 8.17. The van der Waals surface area contributed by atoms with E-state index in [2.05, 4.69) is 4.98 Å². The van der Waals surface area contributed by atoms with Crippen LogP contribution in [-0.2, 0) is 32.1 Å². The van der Waals surface area contributed by atoms with E-state index in [-0.39, 0.29) is 11.3 Å². The number of hydrogen-bond donors (Lipinski definition) is 1. The number of fused-ring (bicyclic) bond motifs is 1. The van der Waals surface area contributed by atoms with E-state index in [1.807, 2.05) is 53.6 Å². The summed E-state index contributed by atoms with van der Waals surface area (Å²) < 4.78 is 43.5. The summed E-state index contributed by atoms with van der Waals surface area (Å²) in [6.07, 6.45) is -1.04. The number of pyridine rings is 1. The van der Waals surface area contributed by atoms with Crippen LogP contribution in [0.3, 0.4) is 0 Å². The maximum atomic E-state index is 12.7. The van der Waals surface area contributed by atoms with Crippen molar-refractivity contribution in [1.82, 2.24) is 9.88 Å². The predicted molar refractivity (Wildman–Crippen MR) is 111 cm³/mol. The van der Waals surface area contributed by atoms with Gasteiger partial charge in [-0.3, -0.25) is 9.78 Å². The smallest absolute Gasteiger partial charge is 0.475 e. The Morgan fingerprint density at radius 1 is 1.18 bits per heavy atom. The summed E-state index contributed by atoms with van der Waals surface area (Å²) in [5.74, 6) is -2.21. The molecule has 2 atom stereocenters. The number of aliphatic carboxylic acids is 1. The average molecular weight is 466 g/mol. The van der Waals surface area contributed by atoms with Gasteiger partial charge in [-0.2, -0.15) is 13.2 Å². The molecule has 2 aromatic rings. The zero-order valence-electron chi connectivity index (χ0n) is 17.8. The highest BCUT2D eigenvalue weighted by Gasteiger charge is 2.51. The molecule has 1 aromatic carbocycles. The van der Waals surface area contributed by atoms with Gasteiger partial charge >= 0.3 is 12.1 Å². The van der Waals surface area contributed by atoms with Crippen LogP contribution < -0.4 is 0 Å². The first-order valence-electron chi connectivity index (χ1n) is 10.4. The van der Waals surface area contributed by atoms with Crippen molar-refractivity contribution in [2.24, 2.45) is 11.3 Å². The number of likely N-dealkylation sites (tertiary alicyclic amines) is 1. The zero-order chi connectivity index (χ0) is 23.9. The van der Waals surface area contributed by atoms with Gasteiger partial charge in [-0.25, -0.2) is 4.79 Å². The summed E-state index contributed by atoms with van der Waals surface area (Å²) in [5, 5.41) is 7.12. The Morgan fingerprint density at radius 3 is 2.52 bits per heavy atom. The number of alkyl halides is 3. The van der Waals surface area contributed by atoms with Gasteiger partial charge in [-0.1, -0.05) is 36.4 Å². The minimum Gasteiger partial charge on any atom is -0.475 e. The van der Waals surface area contributed by atoms with Gasteiger partial charge < -0.3 is 19.5 Å². The van der Waals surface area contributed by atoms with E-state index in [4.69, 9.17) is 19.4 Å². The average Bonchev–Trinajstić information content (AvgIpc) is 3.32. The number of ether oxygens (including phenoxy) is 2. The van der Waals surface area contributed by atoms with Crippen LogP contribution in [0, 0.1) is 11.3 Å². The fraction of sp³-hybridized carbons (Fsp3) is 0.435. The molecule has 7 nitrogen and oxygen atoms in total. The van der Waals surface area contributed by atoms with E-state index in [1.54, 1.807) is 6.20 Å². The molecule has 0 radical (unpaired) electrons. The Balaban J connectivity index is 0.000000383. The van der Waals surface area contributed by atoms with Crippen LogP contribution in [0.5, 0.6) is 0 Å². The highest BCUT2D eigenvalue weighted by molar-refractivity contribution is 5.79. The van der Waals surface area contributed by atoms with Crippen LogP contribution in [0.25, 0.3) is 0 Å². The minimum absolute atomic E-state index is 0.0748. The van der Waals surface area contributed by atoms with Gasteiger partial charge in [-0.05, 0) is 17.2 Å². The summed E-state index contributed by atoms with van der Waals surface area (Å²) in [6.45, 7) is 4.02. The molecule has 0 bridgehead atoms. The van der Waals surface area contributed by atoms with Crippen molar-refractivity contribution in [3.05, 3.63) is 66.0 Å². The van der Waals surface area contributed by atoms with Crippen molar-refractivity contribution >= 4 is 11.9 Å². The SMILES string of the molecule is O=C(Cc1ccccc1)N1C[C@@H]2COC[C@]2(COCc2cccnc2)C1.O=C(O)C(F)(F)F. The summed E-state index contributed by atoms with van der Waals surface area (Å²) in [4.78, 5) is 27.7. The maximum Gasteiger partial charge on any atom is 0.490 e. The fourth-order valence-electron chi connectivity index (χ4n) is 3.96. The molecule has 2 fully saturated rings. The van der Waals surface area contributed by atoms with Crippen molar-refractivity contribution < 1.29 is 37.3 Å². The van der Waals surface area contributed by atoms with E-state index in [0.29, 0.717) is 38.8 Å². The molecule has 33 heavy (non-hydrogen) atoms. The molecule has 10 heteroatoms. The molecule has 1 amide bonds. The Morgan fingerprint density at radius 2 is 1.88 bits per heavy atom. The molecule has 0 saturated carbocycles. The van der Waals surface area contributed by atoms with Crippen molar-refractivity contribution in [2.45, 2.75) is 19.2 Å². The third kappa shape index (κ3) is 6.75. The minimum atomic E-state index is -5.08.